The molecule has 0 bridgehead atoms. The van der Waals surface area contributed by atoms with Gasteiger partial charge in [-0.15, -0.1) is 0 Å². The van der Waals surface area contributed by atoms with Crippen LogP contribution in [0.5, 0.6) is 0 Å². The Morgan fingerprint density at radius 3 is 2.79 bits per heavy atom. The number of benzene rings is 1. The normalized spacial score (nSPS) is 23.2. The fraction of sp³-hybridized carbons (Fsp3) is 0.500. The van der Waals surface area contributed by atoms with E-state index in [1.54, 1.807) is 0 Å². The van der Waals surface area contributed by atoms with E-state index in [0.717, 1.165) is 5.56 Å². The van der Waals surface area contributed by atoms with Gasteiger partial charge in [0.05, 0.1) is 12.6 Å². The van der Waals surface area contributed by atoms with Crippen LogP contribution in [-0.4, -0.2) is 43.5 Å². The molecule has 104 valence electrons. The van der Waals surface area contributed by atoms with Crippen molar-refractivity contribution in [2.45, 2.75) is 25.3 Å². The number of hydrogen-bond donors (Lipinski definition) is 0. The van der Waals surface area contributed by atoms with Crippen molar-refractivity contribution >= 4 is 6.09 Å². The fourth-order valence-corrected chi connectivity index (χ4v) is 2.13. The van der Waals surface area contributed by atoms with Gasteiger partial charge in [-0.2, -0.15) is 0 Å². The number of rotatable bonds is 3. The molecular formula is C14H18FNO3. The molecule has 1 aliphatic heterocycles. The molecule has 0 radical (unpaired) electrons. The molecule has 0 N–H and O–H groups in total. The largest absolute Gasteiger partial charge is 0.445 e. The first-order chi connectivity index (χ1) is 9.20. The first-order valence-electron chi connectivity index (χ1n) is 6.33. The van der Waals surface area contributed by atoms with Crippen LogP contribution in [0.1, 0.15) is 12.0 Å². The molecule has 19 heavy (non-hydrogen) atoms. The maximum Gasteiger partial charge on any atom is 0.410 e. The highest BCUT2D eigenvalue weighted by atomic mass is 19.1. The second-order valence-corrected chi connectivity index (χ2v) is 4.57. The van der Waals surface area contributed by atoms with Gasteiger partial charge < -0.3 is 14.4 Å². The number of carbonyl (C=O) groups is 1. The Morgan fingerprint density at radius 1 is 1.42 bits per heavy atom. The maximum atomic E-state index is 13.6. The molecule has 4 nitrogen and oxygen atoms in total. The summed E-state index contributed by atoms with van der Waals surface area (Å²) in [5.41, 5.74) is 0.916. The summed E-state index contributed by atoms with van der Waals surface area (Å²) in [4.78, 5) is 13.2. The van der Waals surface area contributed by atoms with Gasteiger partial charge >= 0.3 is 6.09 Å². The number of piperidine rings is 1. The number of nitrogens with zero attached hydrogens (tertiary/aromatic N) is 1. The Hall–Kier alpha value is -1.62. The minimum Gasteiger partial charge on any atom is -0.445 e. The van der Waals surface area contributed by atoms with E-state index in [0.29, 0.717) is 13.0 Å². The summed E-state index contributed by atoms with van der Waals surface area (Å²) < 4.78 is 23.8. The molecule has 0 saturated carbocycles. The molecule has 2 rings (SSSR count). The van der Waals surface area contributed by atoms with Crippen LogP contribution in [0.3, 0.4) is 0 Å². The van der Waals surface area contributed by atoms with E-state index in [2.05, 4.69) is 0 Å². The second kappa shape index (κ2) is 6.52. The van der Waals surface area contributed by atoms with Crippen LogP contribution in [0.4, 0.5) is 9.18 Å². The van der Waals surface area contributed by atoms with E-state index < -0.39 is 18.4 Å². The molecule has 0 spiro atoms. The lowest BCUT2D eigenvalue weighted by molar-refractivity contribution is -0.0222. The zero-order valence-corrected chi connectivity index (χ0v) is 10.9. The van der Waals surface area contributed by atoms with Crippen molar-refractivity contribution in [3.63, 3.8) is 0 Å². The highest BCUT2D eigenvalue weighted by Gasteiger charge is 2.32. The first-order valence-corrected chi connectivity index (χ1v) is 6.33. The van der Waals surface area contributed by atoms with Crippen molar-refractivity contribution in [3.05, 3.63) is 35.9 Å². The van der Waals surface area contributed by atoms with Crippen LogP contribution >= 0.6 is 0 Å². The van der Waals surface area contributed by atoms with Crippen LogP contribution < -0.4 is 0 Å². The third-order valence-corrected chi connectivity index (χ3v) is 3.25. The average Bonchev–Trinajstić information content (AvgIpc) is 2.45. The molecular weight excluding hydrogens is 249 g/mol. The Bertz CT molecular complexity index is 412. The van der Waals surface area contributed by atoms with E-state index in [1.165, 1.54) is 12.0 Å². The average molecular weight is 267 g/mol. The quantitative estimate of drug-likeness (QED) is 0.844. The zero-order valence-electron chi connectivity index (χ0n) is 10.9. The maximum absolute atomic E-state index is 13.6. The molecule has 1 amide bonds. The predicted molar refractivity (Wildman–Crippen MR) is 68.5 cm³/mol. The minimum atomic E-state index is -1.15. The highest BCUT2D eigenvalue weighted by Crippen LogP contribution is 2.17. The van der Waals surface area contributed by atoms with Gasteiger partial charge in [-0.05, 0) is 12.0 Å². The summed E-state index contributed by atoms with van der Waals surface area (Å²) in [5.74, 6) is 0. The van der Waals surface area contributed by atoms with Crippen LogP contribution in [0, 0.1) is 0 Å². The van der Waals surface area contributed by atoms with Gasteiger partial charge in [0.1, 0.15) is 12.8 Å². The lowest BCUT2D eigenvalue weighted by Crippen LogP contribution is -2.48. The molecule has 2 atom stereocenters. The number of hydrogen-bond acceptors (Lipinski definition) is 3. The van der Waals surface area contributed by atoms with Gasteiger partial charge in [-0.1, -0.05) is 30.3 Å². The van der Waals surface area contributed by atoms with E-state index >= 15 is 0 Å². The molecule has 1 aromatic rings. The molecule has 1 aromatic carbocycles. The summed E-state index contributed by atoms with van der Waals surface area (Å²) in [5, 5.41) is 0. The Labute approximate surface area is 112 Å². The molecule has 1 heterocycles. The van der Waals surface area contributed by atoms with Gasteiger partial charge in [-0.25, -0.2) is 9.18 Å². The van der Waals surface area contributed by atoms with Crippen molar-refractivity contribution in [2.24, 2.45) is 0 Å². The highest BCUT2D eigenvalue weighted by molar-refractivity contribution is 5.67. The number of alkyl halides is 1. The third-order valence-electron chi connectivity index (χ3n) is 3.25. The topological polar surface area (TPSA) is 38.8 Å². The third kappa shape index (κ3) is 3.67. The van der Waals surface area contributed by atoms with Crippen LogP contribution in [0.2, 0.25) is 0 Å². The van der Waals surface area contributed by atoms with Crippen molar-refractivity contribution in [3.8, 4) is 0 Å². The van der Waals surface area contributed by atoms with Crippen LogP contribution in [0.15, 0.2) is 30.3 Å². The Balaban J connectivity index is 1.81. The number of ether oxygens (including phenoxy) is 2. The molecule has 1 saturated heterocycles. The monoisotopic (exact) mass is 267 g/mol. The fourth-order valence-electron chi connectivity index (χ4n) is 2.13. The van der Waals surface area contributed by atoms with Gasteiger partial charge in [0.2, 0.25) is 0 Å². The van der Waals surface area contributed by atoms with Crippen LogP contribution in [-0.2, 0) is 16.1 Å². The molecule has 0 aliphatic carbocycles. The summed E-state index contributed by atoms with van der Waals surface area (Å²) in [6.07, 6.45) is -1.54. The van der Waals surface area contributed by atoms with E-state index in [1.807, 2.05) is 30.3 Å². The predicted octanol–water partition coefficient (Wildman–Crippen LogP) is 2.38. The molecule has 0 aromatic heterocycles. The standard InChI is InChI=1S/C14H18FNO3/c1-18-13-7-8-16(9-12(13)15)14(17)19-10-11-5-3-2-4-6-11/h2-6,12-13H,7-10H2,1H3. The zero-order chi connectivity index (χ0) is 13.7. The van der Waals surface area contributed by atoms with E-state index in [4.69, 9.17) is 9.47 Å². The summed E-state index contributed by atoms with van der Waals surface area (Å²) in [7, 11) is 1.49. The minimum absolute atomic E-state index is 0.0339. The van der Waals surface area contributed by atoms with Crippen molar-refractivity contribution < 1.29 is 18.7 Å². The smallest absolute Gasteiger partial charge is 0.410 e. The lowest BCUT2D eigenvalue weighted by atomic mass is 10.1. The number of carbonyl (C=O) groups excluding carboxylic acids is 1. The molecule has 1 aliphatic rings. The second-order valence-electron chi connectivity index (χ2n) is 4.57. The van der Waals surface area contributed by atoms with E-state index in [-0.39, 0.29) is 13.2 Å². The number of methoxy groups -OCH3 is 1. The van der Waals surface area contributed by atoms with Crippen molar-refractivity contribution in [2.75, 3.05) is 20.2 Å². The number of likely N-dealkylation sites (tertiary alicyclic amines) is 1. The van der Waals surface area contributed by atoms with Gasteiger partial charge in [-0.3, -0.25) is 0 Å². The summed E-state index contributed by atoms with van der Waals surface area (Å²) in [6.45, 7) is 0.708. The molecule has 1 fully saturated rings. The molecule has 5 heteroatoms. The van der Waals surface area contributed by atoms with Crippen molar-refractivity contribution in [1.29, 1.82) is 0 Å². The summed E-state index contributed by atoms with van der Waals surface area (Å²) in [6, 6.07) is 9.41. The Kier molecular flexibility index (Phi) is 4.74. The lowest BCUT2D eigenvalue weighted by Gasteiger charge is -2.33. The first kappa shape index (κ1) is 13.8. The van der Waals surface area contributed by atoms with E-state index in [9.17, 15) is 9.18 Å². The Morgan fingerprint density at radius 2 is 2.16 bits per heavy atom. The van der Waals surface area contributed by atoms with Gasteiger partial charge in [0.15, 0.2) is 0 Å². The SMILES string of the molecule is COC1CCN(C(=O)OCc2ccccc2)CC1F. The van der Waals surface area contributed by atoms with Crippen LogP contribution in [0.25, 0.3) is 0 Å². The number of halogens is 1. The summed E-state index contributed by atoms with van der Waals surface area (Å²) >= 11 is 0. The number of amides is 1. The van der Waals surface area contributed by atoms with Gasteiger partial charge in [0, 0.05) is 13.7 Å². The van der Waals surface area contributed by atoms with Crippen molar-refractivity contribution in [1.82, 2.24) is 4.90 Å². The van der Waals surface area contributed by atoms with Gasteiger partial charge in [0.25, 0.3) is 0 Å². The molecule has 2 unspecified atom stereocenters.